The second-order valence-electron chi connectivity index (χ2n) is 7.43. The Balaban J connectivity index is 1.51. The smallest absolute Gasteiger partial charge is 0.322 e. The summed E-state index contributed by atoms with van der Waals surface area (Å²) < 4.78 is 0. The fourth-order valence-electron chi connectivity index (χ4n) is 4.39. The van der Waals surface area contributed by atoms with E-state index in [2.05, 4.69) is 34.6 Å². The molecule has 3 aliphatic heterocycles. The van der Waals surface area contributed by atoms with Gasteiger partial charge in [0, 0.05) is 43.5 Å². The van der Waals surface area contributed by atoms with Crippen LogP contribution in [0.5, 0.6) is 0 Å². The zero-order valence-corrected chi connectivity index (χ0v) is 14.8. The molecule has 2 atom stereocenters. The molecule has 3 aliphatic rings. The van der Waals surface area contributed by atoms with Crippen molar-refractivity contribution in [2.24, 2.45) is 0 Å². The van der Waals surface area contributed by atoms with Crippen LogP contribution in [0.25, 0.3) is 0 Å². The molecule has 134 valence electrons. The molecule has 0 saturated carbocycles. The van der Waals surface area contributed by atoms with Crippen molar-refractivity contribution in [2.75, 3.05) is 29.9 Å². The van der Waals surface area contributed by atoms with Gasteiger partial charge in [0.15, 0.2) is 0 Å². The highest BCUT2D eigenvalue weighted by Gasteiger charge is 2.40. The number of nitrogens with one attached hydrogen (secondary N) is 2. The molecule has 0 radical (unpaired) electrons. The lowest BCUT2D eigenvalue weighted by Crippen LogP contribution is -2.44. The summed E-state index contributed by atoms with van der Waals surface area (Å²) in [7, 11) is 0. The molecule has 3 heterocycles. The maximum absolute atomic E-state index is 12.9. The third-order valence-corrected chi connectivity index (χ3v) is 5.72. The molecule has 3 fully saturated rings. The molecule has 1 aromatic carbocycles. The van der Waals surface area contributed by atoms with Crippen LogP contribution in [0.1, 0.15) is 37.7 Å². The molecule has 2 unspecified atom stereocenters. The van der Waals surface area contributed by atoms with Crippen LogP contribution in [-0.4, -0.2) is 48.6 Å². The molecule has 0 aliphatic carbocycles. The number of fused-ring (bicyclic) bond motifs is 2. The largest absolute Gasteiger partial charge is 0.371 e. The van der Waals surface area contributed by atoms with Crippen molar-refractivity contribution in [1.82, 2.24) is 10.2 Å². The van der Waals surface area contributed by atoms with Gasteiger partial charge in [0.1, 0.15) is 0 Å². The maximum Gasteiger partial charge on any atom is 0.322 e. The molecule has 25 heavy (non-hydrogen) atoms. The van der Waals surface area contributed by atoms with E-state index >= 15 is 0 Å². The summed E-state index contributed by atoms with van der Waals surface area (Å²) in [5.41, 5.74) is 3.29. The average molecular weight is 342 g/mol. The summed E-state index contributed by atoms with van der Waals surface area (Å²) in [5, 5.41) is 5.98. The average Bonchev–Trinajstić information content (AvgIpc) is 3.20. The normalized spacial score (nSPS) is 25.7. The third-order valence-electron chi connectivity index (χ3n) is 5.72. The number of carbonyl (C=O) groups excluding carboxylic acids is 2. The van der Waals surface area contributed by atoms with Crippen LogP contribution in [0.3, 0.4) is 0 Å². The molecule has 3 saturated heterocycles. The number of urea groups is 1. The number of nitrogens with zero attached hydrogens (tertiary/aromatic N) is 2. The first-order valence-electron chi connectivity index (χ1n) is 9.33. The molecule has 0 spiro atoms. The van der Waals surface area contributed by atoms with Crippen LogP contribution < -0.4 is 15.5 Å². The second kappa shape index (κ2) is 6.58. The Morgan fingerprint density at radius 3 is 2.76 bits per heavy atom. The minimum atomic E-state index is -0.0831. The van der Waals surface area contributed by atoms with Crippen molar-refractivity contribution in [3.05, 3.63) is 23.8 Å². The molecule has 6 heteroatoms. The van der Waals surface area contributed by atoms with E-state index in [0.717, 1.165) is 31.6 Å². The van der Waals surface area contributed by atoms with Gasteiger partial charge in [0.2, 0.25) is 5.91 Å². The van der Waals surface area contributed by atoms with Crippen LogP contribution in [0.4, 0.5) is 16.2 Å². The van der Waals surface area contributed by atoms with Crippen molar-refractivity contribution < 1.29 is 9.59 Å². The van der Waals surface area contributed by atoms with Crippen molar-refractivity contribution >= 4 is 23.3 Å². The van der Waals surface area contributed by atoms with Crippen molar-refractivity contribution in [3.63, 3.8) is 0 Å². The zero-order valence-electron chi connectivity index (χ0n) is 14.8. The van der Waals surface area contributed by atoms with Crippen LogP contribution in [0.15, 0.2) is 18.2 Å². The minimum Gasteiger partial charge on any atom is -0.371 e. The fraction of sp³-hybridized carbons (Fsp3) is 0.579. The molecule has 2 N–H and O–H groups in total. The van der Waals surface area contributed by atoms with Crippen molar-refractivity contribution in [1.29, 1.82) is 0 Å². The maximum atomic E-state index is 12.9. The van der Waals surface area contributed by atoms with Gasteiger partial charge in [0.05, 0.1) is 6.04 Å². The second-order valence-corrected chi connectivity index (χ2v) is 7.43. The van der Waals surface area contributed by atoms with E-state index in [4.69, 9.17) is 0 Å². The highest BCUT2D eigenvalue weighted by molar-refractivity contribution is 5.91. The minimum absolute atomic E-state index is 0.0241. The standard InChI is InChI=1S/C19H26N4O2/c1-13-4-5-14(10-17(13)22-8-2-3-9-22)21-19(25)23-15-6-7-16(23)12-20-18(24)11-15/h4-5,10,15-16H,2-3,6-9,11-12H2,1H3,(H,20,24)(H,21,25). The van der Waals surface area contributed by atoms with E-state index in [-0.39, 0.29) is 24.0 Å². The van der Waals surface area contributed by atoms with Crippen molar-refractivity contribution in [3.8, 4) is 0 Å². The molecular weight excluding hydrogens is 316 g/mol. The fourth-order valence-corrected chi connectivity index (χ4v) is 4.39. The van der Waals surface area contributed by atoms with Gasteiger partial charge in [-0.25, -0.2) is 4.79 Å². The number of benzene rings is 1. The number of rotatable bonds is 2. The van der Waals surface area contributed by atoms with E-state index in [0.29, 0.717) is 13.0 Å². The molecule has 2 bridgehead atoms. The van der Waals surface area contributed by atoms with E-state index < -0.39 is 0 Å². The Morgan fingerprint density at radius 2 is 1.96 bits per heavy atom. The SMILES string of the molecule is Cc1ccc(NC(=O)N2C3CCC2CC(=O)NC3)cc1N1CCCC1. The highest BCUT2D eigenvalue weighted by atomic mass is 16.2. The van der Waals surface area contributed by atoms with Crippen LogP contribution in [-0.2, 0) is 4.79 Å². The summed E-state index contributed by atoms with van der Waals surface area (Å²) in [5.74, 6) is 0.0525. The summed E-state index contributed by atoms with van der Waals surface area (Å²) in [4.78, 5) is 28.9. The summed E-state index contributed by atoms with van der Waals surface area (Å²) in [6.45, 7) is 4.85. The van der Waals surface area contributed by atoms with Gasteiger partial charge in [0.25, 0.3) is 0 Å². The number of aryl methyl sites for hydroxylation is 1. The first-order valence-corrected chi connectivity index (χ1v) is 9.33. The number of hydrogen-bond acceptors (Lipinski definition) is 3. The van der Waals surface area contributed by atoms with Crippen LogP contribution >= 0.6 is 0 Å². The lowest BCUT2D eigenvalue weighted by molar-refractivity contribution is -0.121. The number of amides is 3. The molecule has 1 aromatic rings. The summed E-state index contributed by atoms with van der Waals surface area (Å²) in [6.07, 6.45) is 4.75. The number of hydrogen-bond donors (Lipinski definition) is 2. The predicted molar refractivity (Wildman–Crippen MR) is 97.9 cm³/mol. The van der Waals surface area contributed by atoms with E-state index in [1.165, 1.54) is 24.1 Å². The van der Waals surface area contributed by atoms with Crippen LogP contribution in [0.2, 0.25) is 0 Å². The third kappa shape index (κ3) is 3.17. The van der Waals surface area contributed by atoms with Gasteiger partial charge in [-0.1, -0.05) is 6.07 Å². The molecule has 4 rings (SSSR count). The van der Waals surface area contributed by atoms with Gasteiger partial charge >= 0.3 is 6.03 Å². The summed E-state index contributed by atoms with van der Waals surface area (Å²) in [6, 6.07) is 6.18. The predicted octanol–water partition coefficient (Wildman–Crippen LogP) is 2.48. The Hall–Kier alpha value is -2.24. The van der Waals surface area contributed by atoms with Gasteiger partial charge < -0.3 is 20.4 Å². The quantitative estimate of drug-likeness (QED) is 0.868. The van der Waals surface area contributed by atoms with Gasteiger partial charge in [-0.3, -0.25) is 4.79 Å². The van der Waals surface area contributed by atoms with Crippen molar-refractivity contribution in [2.45, 2.75) is 51.1 Å². The lowest BCUT2D eigenvalue weighted by Gasteiger charge is -2.28. The zero-order chi connectivity index (χ0) is 17.4. The highest BCUT2D eigenvalue weighted by Crippen LogP contribution is 2.31. The monoisotopic (exact) mass is 342 g/mol. The Bertz CT molecular complexity index is 684. The van der Waals surface area contributed by atoms with Crippen LogP contribution in [0, 0.1) is 6.92 Å². The molecule has 3 amide bonds. The first kappa shape index (κ1) is 16.2. The van der Waals surface area contributed by atoms with Gasteiger partial charge in [-0.2, -0.15) is 0 Å². The Labute approximate surface area is 148 Å². The number of anilines is 2. The Morgan fingerprint density at radius 1 is 1.20 bits per heavy atom. The molecular formula is C19H26N4O2. The lowest BCUT2D eigenvalue weighted by atomic mass is 10.1. The molecule has 6 nitrogen and oxygen atoms in total. The molecule has 0 aromatic heterocycles. The summed E-state index contributed by atoms with van der Waals surface area (Å²) >= 11 is 0. The Kier molecular flexibility index (Phi) is 4.27. The first-order chi connectivity index (χ1) is 12.1. The topological polar surface area (TPSA) is 64.7 Å². The number of carbonyl (C=O) groups is 2. The van der Waals surface area contributed by atoms with E-state index in [1.54, 1.807) is 0 Å². The van der Waals surface area contributed by atoms with E-state index in [9.17, 15) is 9.59 Å². The van der Waals surface area contributed by atoms with Gasteiger partial charge in [-0.15, -0.1) is 0 Å². The van der Waals surface area contributed by atoms with Gasteiger partial charge in [-0.05, 0) is 50.3 Å². The van der Waals surface area contributed by atoms with E-state index in [1.807, 2.05) is 11.0 Å².